The second-order valence-electron chi connectivity index (χ2n) is 3.62. The molecule has 0 radical (unpaired) electrons. The molecule has 0 atom stereocenters. The summed E-state index contributed by atoms with van der Waals surface area (Å²) >= 11 is 1.39. The summed E-state index contributed by atoms with van der Waals surface area (Å²) in [5.74, 6) is 0.370. The number of nitrogens with zero attached hydrogens (tertiary/aromatic N) is 5. The number of anilines is 1. The molecule has 0 saturated carbocycles. The van der Waals surface area contributed by atoms with Crippen molar-refractivity contribution in [1.29, 1.82) is 5.26 Å². The Labute approximate surface area is 115 Å². The highest BCUT2D eigenvalue weighted by molar-refractivity contribution is 7.98. The zero-order valence-electron chi connectivity index (χ0n) is 10.5. The monoisotopic (exact) mass is 272 g/mol. The summed E-state index contributed by atoms with van der Waals surface area (Å²) in [4.78, 5) is 0. The third-order valence-corrected chi connectivity index (χ3v) is 3.11. The fraction of sp³-hybridized carbons (Fsp3) is 0.167. The van der Waals surface area contributed by atoms with Gasteiger partial charge in [-0.1, -0.05) is 23.4 Å². The Morgan fingerprint density at radius 3 is 2.74 bits per heavy atom. The van der Waals surface area contributed by atoms with Gasteiger partial charge in [0.15, 0.2) is 5.82 Å². The van der Waals surface area contributed by atoms with Gasteiger partial charge in [-0.25, -0.2) is 5.01 Å². The number of hydrogen-bond donors (Lipinski definition) is 1. The Bertz CT molecular complexity index is 613. The van der Waals surface area contributed by atoms with E-state index >= 15 is 0 Å². The summed E-state index contributed by atoms with van der Waals surface area (Å²) in [5.41, 5.74) is 1.33. The van der Waals surface area contributed by atoms with E-state index in [1.165, 1.54) is 11.8 Å². The molecule has 2 aromatic rings. The zero-order valence-corrected chi connectivity index (χ0v) is 11.3. The molecule has 0 aliphatic carbocycles. The lowest BCUT2D eigenvalue weighted by Gasteiger charge is -2.09. The van der Waals surface area contributed by atoms with Gasteiger partial charge in [-0.05, 0) is 18.4 Å². The van der Waals surface area contributed by atoms with Gasteiger partial charge in [-0.2, -0.15) is 10.4 Å². The number of para-hydroxylation sites is 1. The SMILES string of the molecule is CSc1n[nH]c(N=NN(C)c2ccccc2)c1C#N. The van der Waals surface area contributed by atoms with Crippen LogP contribution in [0.3, 0.4) is 0 Å². The normalized spacial score (nSPS) is 10.6. The number of thioether (sulfide) groups is 1. The largest absolute Gasteiger partial charge is 0.257 e. The van der Waals surface area contributed by atoms with Crippen molar-refractivity contribution >= 4 is 23.3 Å². The maximum Gasteiger partial charge on any atom is 0.191 e. The van der Waals surface area contributed by atoms with Crippen LogP contribution in [-0.2, 0) is 0 Å². The molecular formula is C12H12N6S. The van der Waals surface area contributed by atoms with Crippen LogP contribution in [0.15, 0.2) is 45.7 Å². The van der Waals surface area contributed by atoms with E-state index < -0.39 is 0 Å². The third kappa shape index (κ3) is 2.92. The predicted molar refractivity (Wildman–Crippen MR) is 74.4 cm³/mol. The molecule has 1 aromatic heterocycles. The molecule has 0 unspecified atom stereocenters. The van der Waals surface area contributed by atoms with Crippen molar-refractivity contribution in [3.05, 3.63) is 35.9 Å². The van der Waals surface area contributed by atoms with Gasteiger partial charge in [0.2, 0.25) is 0 Å². The van der Waals surface area contributed by atoms with Crippen LogP contribution >= 0.6 is 11.8 Å². The van der Waals surface area contributed by atoms with Crippen molar-refractivity contribution in [2.24, 2.45) is 10.3 Å². The lowest BCUT2D eigenvalue weighted by Crippen LogP contribution is -2.06. The number of hydrogen-bond acceptors (Lipinski definition) is 5. The second-order valence-corrected chi connectivity index (χ2v) is 4.41. The van der Waals surface area contributed by atoms with Crippen LogP contribution in [0, 0.1) is 11.3 Å². The summed E-state index contributed by atoms with van der Waals surface area (Å²) in [7, 11) is 1.79. The topological polar surface area (TPSA) is 80.4 Å². The first-order chi connectivity index (χ1) is 9.26. The van der Waals surface area contributed by atoms with E-state index in [1.807, 2.05) is 36.6 Å². The maximum absolute atomic E-state index is 9.06. The van der Waals surface area contributed by atoms with E-state index in [4.69, 9.17) is 5.26 Å². The maximum atomic E-state index is 9.06. The molecule has 96 valence electrons. The molecule has 0 aliphatic rings. The van der Waals surface area contributed by atoms with Gasteiger partial charge in [0, 0.05) is 7.05 Å². The molecule has 0 amide bonds. The molecule has 0 saturated heterocycles. The number of H-pyrrole nitrogens is 1. The number of rotatable bonds is 4. The highest BCUT2D eigenvalue weighted by atomic mass is 32.2. The van der Waals surface area contributed by atoms with E-state index in [0.717, 1.165) is 5.69 Å². The van der Waals surface area contributed by atoms with Crippen molar-refractivity contribution in [2.75, 3.05) is 18.3 Å². The Kier molecular flexibility index (Phi) is 4.15. The fourth-order valence-electron chi connectivity index (χ4n) is 1.44. The summed E-state index contributed by atoms with van der Waals surface area (Å²) in [5, 5.41) is 26.1. The number of nitrogens with one attached hydrogen (secondary N) is 1. The quantitative estimate of drug-likeness (QED) is 0.526. The lowest BCUT2D eigenvalue weighted by molar-refractivity contribution is 0.905. The van der Waals surface area contributed by atoms with Gasteiger partial charge in [0.05, 0.1) is 5.69 Å². The van der Waals surface area contributed by atoms with E-state index in [9.17, 15) is 0 Å². The molecular weight excluding hydrogens is 260 g/mol. The molecule has 0 bridgehead atoms. The van der Waals surface area contributed by atoms with Crippen LogP contribution < -0.4 is 5.01 Å². The van der Waals surface area contributed by atoms with Crippen molar-refractivity contribution in [3.63, 3.8) is 0 Å². The van der Waals surface area contributed by atoms with Gasteiger partial charge in [0.25, 0.3) is 0 Å². The number of nitriles is 1. The first-order valence-electron chi connectivity index (χ1n) is 5.49. The Morgan fingerprint density at radius 2 is 2.11 bits per heavy atom. The van der Waals surface area contributed by atoms with Gasteiger partial charge in [-0.3, -0.25) is 5.10 Å². The molecule has 6 nitrogen and oxygen atoms in total. The van der Waals surface area contributed by atoms with E-state index in [0.29, 0.717) is 16.4 Å². The van der Waals surface area contributed by atoms with Crippen LogP contribution in [0.4, 0.5) is 11.5 Å². The molecule has 2 rings (SSSR count). The summed E-state index contributed by atoms with van der Waals surface area (Å²) in [6.45, 7) is 0. The minimum atomic E-state index is 0.370. The summed E-state index contributed by atoms with van der Waals surface area (Å²) in [6, 6.07) is 11.7. The molecule has 1 N–H and O–H groups in total. The van der Waals surface area contributed by atoms with E-state index in [-0.39, 0.29) is 0 Å². The lowest BCUT2D eigenvalue weighted by atomic mass is 10.3. The van der Waals surface area contributed by atoms with Crippen LogP contribution in [0.1, 0.15) is 5.56 Å². The molecule has 19 heavy (non-hydrogen) atoms. The minimum absolute atomic E-state index is 0.370. The fourth-order valence-corrected chi connectivity index (χ4v) is 1.93. The van der Waals surface area contributed by atoms with Crippen LogP contribution in [0.25, 0.3) is 0 Å². The average molecular weight is 272 g/mol. The van der Waals surface area contributed by atoms with Gasteiger partial charge in [-0.15, -0.1) is 16.9 Å². The number of aromatic amines is 1. The zero-order chi connectivity index (χ0) is 13.7. The Morgan fingerprint density at radius 1 is 1.37 bits per heavy atom. The highest BCUT2D eigenvalue weighted by Gasteiger charge is 2.11. The number of benzene rings is 1. The molecule has 0 fully saturated rings. The molecule has 0 aliphatic heterocycles. The first-order valence-corrected chi connectivity index (χ1v) is 6.71. The van der Waals surface area contributed by atoms with Crippen LogP contribution in [0.2, 0.25) is 0 Å². The Hall–Kier alpha value is -2.33. The van der Waals surface area contributed by atoms with Crippen molar-refractivity contribution in [3.8, 4) is 6.07 Å². The summed E-state index contributed by atoms with van der Waals surface area (Å²) < 4.78 is 0. The molecule has 1 aromatic carbocycles. The molecule has 7 heteroatoms. The first kappa shape index (κ1) is 13.1. The average Bonchev–Trinajstić information content (AvgIpc) is 2.87. The van der Waals surface area contributed by atoms with Crippen LogP contribution in [0.5, 0.6) is 0 Å². The standard InChI is InChI=1S/C12H12N6S/c1-18(9-6-4-3-5-7-9)17-15-11-10(8-13)12(19-2)16-14-11/h3-7H,1-2H3,(H,14,16). The smallest absolute Gasteiger partial charge is 0.191 e. The van der Waals surface area contributed by atoms with E-state index in [2.05, 4.69) is 26.6 Å². The molecule has 1 heterocycles. The predicted octanol–water partition coefficient (Wildman–Crippen LogP) is 3.14. The van der Waals surface area contributed by atoms with Gasteiger partial charge >= 0.3 is 0 Å². The van der Waals surface area contributed by atoms with Crippen LogP contribution in [-0.4, -0.2) is 23.5 Å². The van der Waals surface area contributed by atoms with Crippen molar-refractivity contribution < 1.29 is 0 Å². The second kappa shape index (κ2) is 6.02. The van der Waals surface area contributed by atoms with Crippen molar-refractivity contribution in [1.82, 2.24) is 10.2 Å². The van der Waals surface area contributed by atoms with Gasteiger partial charge < -0.3 is 0 Å². The highest BCUT2D eigenvalue weighted by Crippen LogP contribution is 2.25. The Balaban J connectivity index is 2.20. The summed E-state index contributed by atoms with van der Waals surface area (Å²) in [6.07, 6.45) is 1.86. The van der Waals surface area contributed by atoms with Gasteiger partial charge in [0.1, 0.15) is 16.7 Å². The van der Waals surface area contributed by atoms with Crippen molar-refractivity contribution in [2.45, 2.75) is 5.03 Å². The minimum Gasteiger partial charge on any atom is -0.257 e. The number of aromatic nitrogens is 2. The molecule has 0 spiro atoms. The third-order valence-electron chi connectivity index (χ3n) is 2.43. The van der Waals surface area contributed by atoms with E-state index in [1.54, 1.807) is 12.1 Å².